The highest BCUT2D eigenvalue weighted by Crippen LogP contribution is 2.33. The Hall–Kier alpha value is -2.83. The lowest BCUT2D eigenvalue weighted by Gasteiger charge is -2.08. The van der Waals surface area contributed by atoms with Crippen LogP contribution in [0.2, 0.25) is 0 Å². The van der Waals surface area contributed by atoms with Crippen molar-refractivity contribution in [2.75, 3.05) is 26.4 Å². The maximum atomic E-state index is 5.75. The van der Waals surface area contributed by atoms with Gasteiger partial charge in [0.2, 0.25) is 0 Å². The summed E-state index contributed by atoms with van der Waals surface area (Å²) in [5.41, 5.74) is 5.49. The largest absolute Gasteiger partial charge is 0.491 e. The summed E-state index contributed by atoms with van der Waals surface area (Å²) >= 11 is 0. The van der Waals surface area contributed by atoms with E-state index in [9.17, 15) is 0 Å². The van der Waals surface area contributed by atoms with Gasteiger partial charge in [-0.1, -0.05) is 13.3 Å². The molecule has 2 aromatic carbocycles. The Morgan fingerprint density at radius 3 is 1.90 bits per heavy atom. The van der Waals surface area contributed by atoms with Crippen LogP contribution < -0.4 is 9.47 Å². The highest BCUT2D eigenvalue weighted by Gasteiger charge is 2.24. The second kappa shape index (κ2) is 8.50. The summed E-state index contributed by atoms with van der Waals surface area (Å²) in [6, 6.07) is 16.3. The van der Waals surface area contributed by atoms with Crippen LogP contribution in [0.15, 0.2) is 48.5 Å². The van der Waals surface area contributed by atoms with Crippen molar-refractivity contribution in [3.8, 4) is 34.0 Å². The minimum atomic E-state index is 0.258. The molecule has 2 fully saturated rings. The number of aromatic amines is 1. The molecule has 156 valence electrons. The zero-order valence-corrected chi connectivity index (χ0v) is 17.1. The van der Waals surface area contributed by atoms with Gasteiger partial charge in [0.15, 0.2) is 0 Å². The van der Waals surface area contributed by atoms with Crippen LogP contribution in [-0.4, -0.2) is 48.8 Å². The third-order valence-corrected chi connectivity index (χ3v) is 5.31. The van der Waals surface area contributed by atoms with Crippen molar-refractivity contribution in [2.24, 2.45) is 0 Å². The molecule has 0 saturated carbocycles. The van der Waals surface area contributed by atoms with E-state index in [4.69, 9.17) is 18.9 Å². The number of aromatic nitrogens is 2. The van der Waals surface area contributed by atoms with E-state index in [1.807, 2.05) is 24.3 Å². The highest BCUT2D eigenvalue weighted by molar-refractivity contribution is 5.74. The molecule has 30 heavy (non-hydrogen) atoms. The first-order valence-corrected chi connectivity index (χ1v) is 10.6. The number of H-pyrrole nitrogens is 1. The lowest BCUT2D eigenvalue weighted by molar-refractivity contribution is 0.263. The topological polar surface area (TPSA) is 72.2 Å². The van der Waals surface area contributed by atoms with Gasteiger partial charge in [-0.3, -0.25) is 5.10 Å². The molecule has 2 unspecified atom stereocenters. The Balaban J connectivity index is 1.34. The summed E-state index contributed by atoms with van der Waals surface area (Å²) in [5.74, 6) is 1.72. The van der Waals surface area contributed by atoms with Gasteiger partial charge in [-0.05, 0) is 55.0 Å². The van der Waals surface area contributed by atoms with Gasteiger partial charge < -0.3 is 18.9 Å². The van der Waals surface area contributed by atoms with Crippen LogP contribution >= 0.6 is 0 Å². The minimum absolute atomic E-state index is 0.258. The standard InChI is InChI=1S/C24H26N2O4/c1-2-3-22-23(16-4-8-18(9-5-16)27-12-20-14-29-20)25-26-24(22)17-6-10-19(11-7-17)28-13-21-15-30-21/h4-11,20-21H,2-3,12-15H2,1H3,(H,25,26). The van der Waals surface area contributed by atoms with Gasteiger partial charge in [0.05, 0.1) is 24.6 Å². The third-order valence-electron chi connectivity index (χ3n) is 5.31. The molecule has 2 atom stereocenters. The van der Waals surface area contributed by atoms with E-state index in [1.165, 1.54) is 5.56 Å². The number of epoxide rings is 2. The maximum absolute atomic E-state index is 5.75. The van der Waals surface area contributed by atoms with E-state index in [1.54, 1.807) is 0 Å². The van der Waals surface area contributed by atoms with Crippen LogP contribution in [0.1, 0.15) is 18.9 Å². The molecule has 3 aromatic rings. The smallest absolute Gasteiger partial charge is 0.119 e. The summed E-state index contributed by atoms with van der Waals surface area (Å²) in [6.07, 6.45) is 2.52. The van der Waals surface area contributed by atoms with Gasteiger partial charge in [-0.15, -0.1) is 0 Å². The second-order valence-electron chi connectivity index (χ2n) is 7.76. The van der Waals surface area contributed by atoms with Crippen LogP contribution in [0.3, 0.4) is 0 Å². The fraction of sp³-hybridized carbons (Fsp3) is 0.375. The molecule has 5 rings (SSSR count). The number of hydrogen-bond donors (Lipinski definition) is 1. The molecule has 0 bridgehead atoms. The van der Waals surface area contributed by atoms with Crippen molar-refractivity contribution in [1.82, 2.24) is 10.2 Å². The summed E-state index contributed by atoms with van der Waals surface area (Å²) < 4.78 is 21.9. The average molecular weight is 406 g/mol. The predicted octanol–water partition coefficient (Wildman–Crippen LogP) is 4.25. The predicted molar refractivity (Wildman–Crippen MR) is 114 cm³/mol. The van der Waals surface area contributed by atoms with Crippen molar-refractivity contribution in [3.63, 3.8) is 0 Å². The summed E-state index contributed by atoms with van der Waals surface area (Å²) in [5, 5.41) is 7.91. The van der Waals surface area contributed by atoms with E-state index in [-0.39, 0.29) is 12.2 Å². The Labute approximate surface area is 176 Å². The number of rotatable bonds is 10. The first kappa shape index (κ1) is 19.2. The number of nitrogens with zero attached hydrogens (tertiary/aromatic N) is 1. The normalized spacial score (nSPS) is 19.5. The van der Waals surface area contributed by atoms with Gasteiger partial charge >= 0.3 is 0 Å². The summed E-state index contributed by atoms with van der Waals surface area (Å²) in [4.78, 5) is 0. The van der Waals surface area contributed by atoms with E-state index >= 15 is 0 Å². The van der Waals surface area contributed by atoms with Crippen molar-refractivity contribution in [2.45, 2.75) is 32.0 Å². The van der Waals surface area contributed by atoms with Gasteiger partial charge in [0.25, 0.3) is 0 Å². The van der Waals surface area contributed by atoms with Crippen LogP contribution in [0, 0.1) is 0 Å². The van der Waals surface area contributed by atoms with Crippen LogP contribution in [0.4, 0.5) is 0 Å². The molecule has 2 saturated heterocycles. The molecule has 2 aliphatic heterocycles. The van der Waals surface area contributed by atoms with Crippen molar-refractivity contribution >= 4 is 0 Å². The fourth-order valence-electron chi connectivity index (χ4n) is 3.47. The monoisotopic (exact) mass is 406 g/mol. The van der Waals surface area contributed by atoms with Gasteiger partial charge in [-0.25, -0.2) is 0 Å². The molecule has 1 aromatic heterocycles. The van der Waals surface area contributed by atoms with Crippen molar-refractivity contribution < 1.29 is 18.9 Å². The summed E-state index contributed by atoms with van der Waals surface area (Å²) in [7, 11) is 0. The molecule has 6 nitrogen and oxygen atoms in total. The average Bonchev–Trinajstić information content (AvgIpc) is 3.71. The van der Waals surface area contributed by atoms with Gasteiger partial charge in [0.1, 0.15) is 36.9 Å². The second-order valence-corrected chi connectivity index (χ2v) is 7.76. The third kappa shape index (κ3) is 4.50. The SMILES string of the molecule is CCCc1c(-c2ccc(OCC3CO3)cc2)n[nH]c1-c1ccc(OCC2CO2)cc1. The van der Waals surface area contributed by atoms with E-state index in [0.29, 0.717) is 13.2 Å². The number of benzene rings is 2. The zero-order valence-electron chi connectivity index (χ0n) is 17.1. The Bertz CT molecular complexity index is 896. The van der Waals surface area contributed by atoms with Crippen LogP contribution in [0.5, 0.6) is 11.5 Å². The Morgan fingerprint density at radius 1 is 0.867 bits per heavy atom. The van der Waals surface area contributed by atoms with E-state index < -0.39 is 0 Å². The molecule has 0 spiro atoms. The molecule has 2 aliphatic rings. The number of ether oxygens (including phenoxy) is 4. The molecule has 0 radical (unpaired) electrons. The van der Waals surface area contributed by atoms with E-state index in [2.05, 4.69) is 41.4 Å². The lowest BCUT2D eigenvalue weighted by atomic mass is 9.98. The van der Waals surface area contributed by atoms with Gasteiger partial charge in [-0.2, -0.15) is 5.10 Å². The molecular weight excluding hydrogens is 380 g/mol. The Kier molecular flexibility index (Phi) is 5.43. The van der Waals surface area contributed by atoms with Gasteiger partial charge in [0, 0.05) is 16.7 Å². The van der Waals surface area contributed by atoms with Crippen molar-refractivity contribution in [3.05, 3.63) is 54.1 Å². The first-order chi connectivity index (χ1) is 14.8. The maximum Gasteiger partial charge on any atom is 0.119 e. The van der Waals surface area contributed by atoms with E-state index in [0.717, 1.165) is 60.1 Å². The molecule has 1 N–H and O–H groups in total. The Morgan fingerprint density at radius 2 is 1.40 bits per heavy atom. The molecule has 0 aliphatic carbocycles. The molecular formula is C24H26N2O4. The quantitative estimate of drug-likeness (QED) is 0.510. The first-order valence-electron chi connectivity index (χ1n) is 10.6. The lowest BCUT2D eigenvalue weighted by Crippen LogP contribution is -2.03. The van der Waals surface area contributed by atoms with Crippen molar-refractivity contribution in [1.29, 1.82) is 0 Å². The molecule has 6 heteroatoms. The number of hydrogen-bond acceptors (Lipinski definition) is 5. The summed E-state index contributed by atoms with van der Waals surface area (Å²) in [6.45, 7) is 5.02. The molecule has 0 amide bonds. The van der Waals surface area contributed by atoms with Crippen LogP contribution in [-0.2, 0) is 15.9 Å². The minimum Gasteiger partial charge on any atom is -0.491 e. The fourth-order valence-corrected chi connectivity index (χ4v) is 3.47. The van der Waals surface area contributed by atoms with Crippen LogP contribution in [0.25, 0.3) is 22.5 Å². The zero-order chi connectivity index (χ0) is 20.3. The number of nitrogens with one attached hydrogen (secondary N) is 1. The molecule has 3 heterocycles. The highest BCUT2D eigenvalue weighted by atomic mass is 16.6.